The SMILES string of the molecule is CCCOC1(C(=O)Nc2ccc(OCCN3C[C@H](C)C[C@@H](C)C3)cc2)CCCCC1. The van der Waals surface area contributed by atoms with E-state index in [1.807, 2.05) is 24.3 Å². The van der Waals surface area contributed by atoms with Crippen LogP contribution in [0.25, 0.3) is 0 Å². The summed E-state index contributed by atoms with van der Waals surface area (Å²) in [5, 5.41) is 3.08. The van der Waals surface area contributed by atoms with Crippen molar-refractivity contribution >= 4 is 11.6 Å². The Bertz CT molecular complexity index is 645. The highest BCUT2D eigenvalue weighted by Gasteiger charge is 2.40. The van der Waals surface area contributed by atoms with Crippen molar-refractivity contribution in [1.82, 2.24) is 4.90 Å². The number of hydrogen-bond donors (Lipinski definition) is 1. The van der Waals surface area contributed by atoms with Gasteiger partial charge in [-0.05, 0) is 61.8 Å². The number of amides is 1. The van der Waals surface area contributed by atoms with E-state index < -0.39 is 5.60 Å². The molecule has 1 amide bonds. The van der Waals surface area contributed by atoms with Crippen LogP contribution in [0.4, 0.5) is 5.69 Å². The summed E-state index contributed by atoms with van der Waals surface area (Å²) in [6.45, 7) is 11.4. The number of anilines is 1. The fraction of sp³-hybridized carbons (Fsp3) is 0.720. The molecular formula is C25H40N2O3. The molecular weight excluding hydrogens is 376 g/mol. The summed E-state index contributed by atoms with van der Waals surface area (Å²) in [5.41, 5.74) is 0.141. The quantitative estimate of drug-likeness (QED) is 0.608. The molecule has 3 rings (SSSR count). The van der Waals surface area contributed by atoms with Gasteiger partial charge in [-0.15, -0.1) is 0 Å². The summed E-state index contributed by atoms with van der Waals surface area (Å²) < 4.78 is 12.0. The van der Waals surface area contributed by atoms with Gasteiger partial charge in [-0.2, -0.15) is 0 Å². The van der Waals surface area contributed by atoms with Crippen molar-refractivity contribution in [1.29, 1.82) is 0 Å². The third-order valence-corrected chi connectivity index (χ3v) is 6.39. The van der Waals surface area contributed by atoms with Crippen LogP contribution in [0.15, 0.2) is 24.3 Å². The molecule has 0 bridgehead atoms. The molecule has 168 valence electrons. The zero-order chi connectivity index (χ0) is 21.4. The van der Waals surface area contributed by atoms with E-state index in [1.165, 1.54) is 25.9 Å². The summed E-state index contributed by atoms with van der Waals surface area (Å²) in [4.78, 5) is 15.5. The van der Waals surface area contributed by atoms with Gasteiger partial charge < -0.3 is 14.8 Å². The molecule has 0 aromatic heterocycles. The second kappa shape index (κ2) is 11.1. The lowest BCUT2D eigenvalue weighted by Crippen LogP contribution is -2.47. The van der Waals surface area contributed by atoms with Crippen LogP contribution in [0.5, 0.6) is 5.75 Å². The van der Waals surface area contributed by atoms with Gasteiger partial charge in [0.2, 0.25) is 0 Å². The van der Waals surface area contributed by atoms with Crippen LogP contribution in [0.3, 0.4) is 0 Å². The predicted octanol–water partition coefficient (Wildman–Crippen LogP) is 5.11. The van der Waals surface area contributed by atoms with E-state index in [0.717, 1.165) is 61.9 Å². The summed E-state index contributed by atoms with van der Waals surface area (Å²) in [7, 11) is 0. The summed E-state index contributed by atoms with van der Waals surface area (Å²) in [6, 6.07) is 7.73. The minimum atomic E-state index is -0.661. The maximum atomic E-state index is 13.0. The molecule has 1 aromatic rings. The Hall–Kier alpha value is -1.59. The van der Waals surface area contributed by atoms with Gasteiger partial charge in [0.25, 0.3) is 5.91 Å². The highest BCUT2D eigenvalue weighted by atomic mass is 16.5. The third-order valence-electron chi connectivity index (χ3n) is 6.39. The Kier molecular flexibility index (Phi) is 8.58. The monoisotopic (exact) mass is 416 g/mol. The van der Waals surface area contributed by atoms with Crippen molar-refractivity contribution in [3.63, 3.8) is 0 Å². The van der Waals surface area contributed by atoms with Crippen LogP contribution in [0.1, 0.15) is 65.7 Å². The maximum absolute atomic E-state index is 13.0. The van der Waals surface area contributed by atoms with Gasteiger partial charge in [0.05, 0.1) is 0 Å². The first kappa shape index (κ1) is 23.1. The molecule has 1 aromatic carbocycles. The number of piperidine rings is 1. The van der Waals surface area contributed by atoms with Crippen molar-refractivity contribution in [2.45, 2.75) is 71.3 Å². The molecule has 0 spiro atoms. The van der Waals surface area contributed by atoms with Crippen molar-refractivity contribution in [2.75, 3.05) is 38.2 Å². The lowest BCUT2D eigenvalue weighted by Gasteiger charge is -2.35. The van der Waals surface area contributed by atoms with Gasteiger partial charge in [0.15, 0.2) is 0 Å². The number of benzene rings is 1. The number of likely N-dealkylation sites (tertiary alicyclic amines) is 1. The van der Waals surface area contributed by atoms with E-state index in [4.69, 9.17) is 9.47 Å². The van der Waals surface area contributed by atoms with Crippen LogP contribution in [-0.2, 0) is 9.53 Å². The highest BCUT2D eigenvalue weighted by molar-refractivity contribution is 5.97. The Morgan fingerprint density at radius 1 is 1.07 bits per heavy atom. The van der Waals surface area contributed by atoms with E-state index in [2.05, 4.69) is 31.0 Å². The molecule has 1 aliphatic heterocycles. The highest BCUT2D eigenvalue weighted by Crippen LogP contribution is 2.33. The minimum Gasteiger partial charge on any atom is -0.492 e. The number of nitrogens with zero attached hydrogens (tertiary/aromatic N) is 1. The van der Waals surface area contributed by atoms with Crippen molar-refractivity contribution in [2.24, 2.45) is 11.8 Å². The van der Waals surface area contributed by atoms with Crippen LogP contribution in [0, 0.1) is 11.8 Å². The van der Waals surface area contributed by atoms with Gasteiger partial charge in [0.1, 0.15) is 18.0 Å². The standard InChI is InChI=1S/C25H40N2O3/c1-4-15-30-25(12-6-5-7-13-25)24(28)26-22-8-10-23(11-9-22)29-16-14-27-18-20(2)17-21(3)19-27/h8-11,20-21H,4-7,12-19H2,1-3H3,(H,26,28)/t20-,21-/m1/s1. The zero-order valence-corrected chi connectivity index (χ0v) is 19.1. The molecule has 30 heavy (non-hydrogen) atoms. The first-order valence-electron chi connectivity index (χ1n) is 11.9. The number of hydrogen-bond acceptors (Lipinski definition) is 4. The number of nitrogens with one attached hydrogen (secondary N) is 1. The summed E-state index contributed by atoms with van der Waals surface area (Å²) >= 11 is 0. The third kappa shape index (κ3) is 6.45. The van der Waals surface area contributed by atoms with Gasteiger partial charge in [0, 0.05) is 31.9 Å². The molecule has 2 atom stereocenters. The Labute approximate surface area is 182 Å². The summed E-state index contributed by atoms with van der Waals surface area (Å²) in [6.07, 6.45) is 7.18. The second-order valence-corrected chi connectivity index (χ2v) is 9.44. The molecule has 5 nitrogen and oxygen atoms in total. The number of carbonyl (C=O) groups excluding carboxylic acids is 1. The molecule has 1 saturated carbocycles. The van der Waals surface area contributed by atoms with Crippen molar-refractivity contribution in [3.8, 4) is 5.75 Å². The average molecular weight is 417 g/mol. The topological polar surface area (TPSA) is 50.8 Å². The molecule has 1 aliphatic carbocycles. The smallest absolute Gasteiger partial charge is 0.256 e. The van der Waals surface area contributed by atoms with E-state index in [0.29, 0.717) is 13.2 Å². The van der Waals surface area contributed by atoms with Crippen molar-refractivity contribution < 1.29 is 14.3 Å². The first-order valence-corrected chi connectivity index (χ1v) is 11.9. The number of ether oxygens (including phenoxy) is 2. The Morgan fingerprint density at radius 2 is 1.73 bits per heavy atom. The van der Waals surface area contributed by atoms with E-state index in [-0.39, 0.29) is 5.91 Å². The summed E-state index contributed by atoms with van der Waals surface area (Å²) in [5.74, 6) is 2.38. The predicted molar refractivity (Wildman–Crippen MR) is 122 cm³/mol. The number of rotatable bonds is 9. The van der Waals surface area contributed by atoms with Crippen LogP contribution >= 0.6 is 0 Å². The van der Waals surface area contributed by atoms with Gasteiger partial charge >= 0.3 is 0 Å². The fourth-order valence-corrected chi connectivity index (χ4v) is 5.00. The largest absolute Gasteiger partial charge is 0.492 e. The molecule has 5 heteroatoms. The maximum Gasteiger partial charge on any atom is 0.256 e. The van der Waals surface area contributed by atoms with E-state index in [1.54, 1.807) is 0 Å². The second-order valence-electron chi connectivity index (χ2n) is 9.44. The Morgan fingerprint density at radius 3 is 2.37 bits per heavy atom. The van der Waals surface area contributed by atoms with Crippen LogP contribution < -0.4 is 10.1 Å². The molecule has 0 radical (unpaired) electrons. The molecule has 1 heterocycles. The van der Waals surface area contributed by atoms with Crippen LogP contribution in [0.2, 0.25) is 0 Å². The first-order chi connectivity index (χ1) is 14.5. The minimum absolute atomic E-state index is 0.00217. The lowest BCUT2D eigenvalue weighted by molar-refractivity contribution is -0.146. The number of carbonyl (C=O) groups is 1. The van der Waals surface area contributed by atoms with Crippen molar-refractivity contribution in [3.05, 3.63) is 24.3 Å². The molecule has 1 N–H and O–H groups in total. The van der Waals surface area contributed by atoms with E-state index in [9.17, 15) is 4.79 Å². The van der Waals surface area contributed by atoms with Crippen LogP contribution in [-0.4, -0.2) is 49.3 Å². The van der Waals surface area contributed by atoms with Gasteiger partial charge in [-0.1, -0.05) is 40.0 Å². The normalized spacial score (nSPS) is 24.4. The average Bonchev–Trinajstić information content (AvgIpc) is 2.73. The van der Waals surface area contributed by atoms with E-state index >= 15 is 0 Å². The molecule has 2 aliphatic rings. The zero-order valence-electron chi connectivity index (χ0n) is 19.1. The molecule has 1 saturated heterocycles. The fourth-order valence-electron chi connectivity index (χ4n) is 5.00. The van der Waals surface area contributed by atoms with Gasteiger partial charge in [-0.25, -0.2) is 0 Å². The molecule has 0 unspecified atom stereocenters. The lowest BCUT2D eigenvalue weighted by atomic mass is 9.83. The Balaban J connectivity index is 1.48. The molecule has 2 fully saturated rings. The van der Waals surface area contributed by atoms with Gasteiger partial charge in [-0.3, -0.25) is 9.69 Å².